The van der Waals surface area contributed by atoms with E-state index in [1.807, 2.05) is 38.1 Å². The zero-order valence-electron chi connectivity index (χ0n) is 15.3. The zero-order valence-corrected chi connectivity index (χ0v) is 15.3. The fraction of sp³-hybridized carbons (Fsp3) is 0.476. The van der Waals surface area contributed by atoms with Gasteiger partial charge in [-0.1, -0.05) is 33.1 Å². The molecule has 0 aliphatic heterocycles. The third-order valence-electron chi connectivity index (χ3n) is 4.53. The van der Waals surface area contributed by atoms with Crippen LogP contribution in [0.1, 0.15) is 50.9 Å². The van der Waals surface area contributed by atoms with E-state index >= 15 is 0 Å². The molecule has 0 bridgehead atoms. The van der Waals surface area contributed by atoms with Gasteiger partial charge < -0.3 is 9.30 Å². The molecule has 0 spiro atoms. The summed E-state index contributed by atoms with van der Waals surface area (Å²) in [5.74, 6) is 1.54. The third-order valence-corrected chi connectivity index (χ3v) is 4.53. The number of pyridine rings is 1. The molecule has 1 aromatic heterocycles. The van der Waals surface area contributed by atoms with E-state index in [4.69, 9.17) is 4.74 Å². The lowest BCUT2D eigenvalue weighted by Gasteiger charge is -2.17. The van der Waals surface area contributed by atoms with E-state index in [9.17, 15) is 4.79 Å². The summed E-state index contributed by atoms with van der Waals surface area (Å²) in [6.07, 6.45) is 4.91. The molecule has 3 heteroatoms. The fourth-order valence-corrected chi connectivity index (χ4v) is 3.07. The van der Waals surface area contributed by atoms with Crippen LogP contribution in [0.15, 0.2) is 41.2 Å². The Morgan fingerprint density at radius 1 is 1.04 bits per heavy atom. The normalized spacial score (nSPS) is 12.2. The van der Waals surface area contributed by atoms with E-state index in [0.29, 0.717) is 5.92 Å². The molecule has 2 aromatic rings. The van der Waals surface area contributed by atoms with Gasteiger partial charge >= 0.3 is 0 Å². The number of unbranched alkanes of at least 4 members (excludes halogenated alkanes) is 1. The predicted molar refractivity (Wildman–Crippen MR) is 100 cm³/mol. The first-order chi connectivity index (χ1) is 11.5. The van der Waals surface area contributed by atoms with Crippen LogP contribution in [0.4, 0.5) is 0 Å². The van der Waals surface area contributed by atoms with Crippen LogP contribution in [0.5, 0.6) is 5.75 Å². The van der Waals surface area contributed by atoms with E-state index in [1.54, 1.807) is 12.1 Å². The Hall–Kier alpha value is -2.03. The Kier molecular flexibility index (Phi) is 6.65. The number of aryl methyl sites for hydroxylation is 2. The van der Waals surface area contributed by atoms with Gasteiger partial charge in [-0.25, -0.2) is 0 Å². The van der Waals surface area contributed by atoms with Crippen LogP contribution in [0.2, 0.25) is 0 Å². The Labute approximate surface area is 145 Å². The molecule has 0 saturated heterocycles. The largest absolute Gasteiger partial charge is 0.493 e. The van der Waals surface area contributed by atoms with E-state index in [1.165, 1.54) is 19.3 Å². The number of benzene rings is 1. The molecule has 1 atom stereocenters. The molecule has 0 aliphatic rings. The van der Waals surface area contributed by atoms with Crippen molar-refractivity contribution in [2.75, 3.05) is 6.61 Å². The van der Waals surface area contributed by atoms with Crippen LogP contribution < -0.4 is 10.2 Å². The summed E-state index contributed by atoms with van der Waals surface area (Å²) in [5.41, 5.74) is 2.99. The van der Waals surface area contributed by atoms with Gasteiger partial charge in [-0.2, -0.15) is 0 Å². The highest BCUT2D eigenvalue weighted by Gasteiger charge is 2.08. The second-order valence-electron chi connectivity index (χ2n) is 6.53. The maximum atomic E-state index is 11.6. The zero-order chi connectivity index (χ0) is 17.5. The van der Waals surface area contributed by atoms with Crippen LogP contribution in [-0.4, -0.2) is 11.2 Å². The van der Waals surface area contributed by atoms with Crippen molar-refractivity contribution in [3.63, 3.8) is 0 Å². The minimum absolute atomic E-state index is 0.0545. The van der Waals surface area contributed by atoms with Crippen LogP contribution >= 0.6 is 0 Å². The quantitative estimate of drug-likeness (QED) is 0.679. The van der Waals surface area contributed by atoms with Gasteiger partial charge in [0, 0.05) is 29.2 Å². The van der Waals surface area contributed by atoms with Gasteiger partial charge in [0.25, 0.3) is 0 Å². The number of ether oxygens (including phenoxy) is 1. The van der Waals surface area contributed by atoms with Crippen molar-refractivity contribution >= 4 is 0 Å². The van der Waals surface area contributed by atoms with Crippen LogP contribution in [0.3, 0.4) is 0 Å². The fourth-order valence-electron chi connectivity index (χ4n) is 3.07. The lowest BCUT2D eigenvalue weighted by molar-refractivity contribution is 0.233. The molecule has 0 amide bonds. The average molecular weight is 327 g/mol. The molecule has 0 radical (unpaired) electrons. The molecule has 0 saturated carbocycles. The maximum Gasteiger partial charge on any atom is 0.182 e. The first kappa shape index (κ1) is 18.3. The van der Waals surface area contributed by atoms with Crippen LogP contribution in [0.25, 0.3) is 5.69 Å². The standard InChI is InChI=1S/C21H29NO2/c1-5-7-8-18(6-2)15-24-21-11-9-19(10-12-21)22-16(3)13-20(23)14-17(22)4/h9-14,18H,5-8,15H2,1-4H3. The Morgan fingerprint density at radius 3 is 2.21 bits per heavy atom. The molecule has 1 unspecified atom stereocenters. The van der Waals surface area contributed by atoms with Crippen molar-refractivity contribution in [2.24, 2.45) is 5.92 Å². The van der Waals surface area contributed by atoms with Crippen molar-refractivity contribution in [3.05, 3.63) is 58.0 Å². The van der Waals surface area contributed by atoms with E-state index < -0.39 is 0 Å². The van der Waals surface area contributed by atoms with Crippen LogP contribution in [-0.2, 0) is 0 Å². The van der Waals surface area contributed by atoms with Gasteiger partial charge in [-0.3, -0.25) is 4.79 Å². The Balaban J connectivity index is 2.07. The summed E-state index contributed by atoms with van der Waals surface area (Å²) in [6.45, 7) is 9.16. The predicted octanol–water partition coefficient (Wildman–Crippen LogP) is 5.05. The summed E-state index contributed by atoms with van der Waals surface area (Å²) in [5, 5.41) is 0. The molecule has 1 aromatic carbocycles. The molecule has 1 heterocycles. The molecule has 2 rings (SSSR count). The lowest BCUT2D eigenvalue weighted by atomic mass is 10.0. The summed E-state index contributed by atoms with van der Waals surface area (Å²) < 4.78 is 8.05. The summed E-state index contributed by atoms with van der Waals surface area (Å²) in [6, 6.07) is 11.4. The van der Waals surface area contributed by atoms with Gasteiger partial charge in [-0.15, -0.1) is 0 Å². The van der Waals surface area contributed by atoms with Crippen molar-refractivity contribution in [1.82, 2.24) is 4.57 Å². The molecule has 0 aliphatic carbocycles. The second-order valence-corrected chi connectivity index (χ2v) is 6.53. The first-order valence-electron chi connectivity index (χ1n) is 8.98. The highest BCUT2D eigenvalue weighted by Crippen LogP contribution is 2.20. The number of hydrogen-bond donors (Lipinski definition) is 0. The molecule has 24 heavy (non-hydrogen) atoms. The van der Waals surface area contributed by atoms with E-state index in [0.717, 1.165) is 35.9 Å². The van der Waals surface area contributed by atoms with Crippen molar-refractivity contribution in [1.29, 1.82) is 0 Å². The summed E-state index contributed by atoms with van der Waals surface area (Å²) >= 11 is 0. The molecule has 0 fully saturated rings. The highest BCUT2D eigenvalue weighted by molar-refractivity contribution is 5.40. The molecule has 3 nitrogen and oxygen atoms in total. The Morgan fingerprint density at radius 2 is 1.67 bits per heavy atom. The van der Waals surface area contributed by atoms with E-state index in [-0.39, 0.29) is 5.43 Å². The van der Waals surface area contributed by atoms with Gasteiger partial charge in [0.15, 0.2) is 5.43 Å². The summed E-state index contributed by atoms with van der Waals surface area (Å²) in [4.78, 5) is 11.6. The molecule has 0 N–H and O–H groups in total. The first-order valence-corrected chi connectivity index (χ1v) is 8.98. The minimum atomic E-state index is 0.0545. The topological polar surface area (TPSA) is 31.2 Å². The molecular weight excluding hydrogens is 298 g/mol. The monoisotopic (exact) mass is 327 g/mol. The Bertz CT molecular complexity index is 675. The van der Waals surface area contributed by atoms with Gasteiger partial charge in [0.1, 0.15) is 5.75 Å². The lowest BCUT2D eigenvalue weighted by Crippen LogP contribution is -2.12. The minimum Gasteiger partial charge on any atom is -0.493 e. The van der Waals surface area contributed by atoms with Gasteiger partial charge in [0.05, 0.1) is 6.61 Å². The number of aromatic nitrogens is 1. The van der Waals surface area contributed by atoms with Crippen molar-refractivity contribution < 1.29 is 4.74 Å². The number of rotatable bonds is 8. The highest BCUT2D eigenvalue weighted by atomic mass is 16.5. The van der Waals surface area contributed by atoms with Gasteiger partial charge in [-0.05, 0) is 50.5 Å². The van der Waals surface area contributed by atoms with Gasteiger partial charge in [0.2, 0.25) is 0 Å². The van der Waals surface area contributed by atoms with Crippen molar-refractivity contribution in [2.45, 2.75) is 53.4 Å². The number of nitrogens with zero attached hydrogens (tertiary/aromatic N) is 1. The third kappa shape index (κ3) is 4.73. The molecule has 130 valence electrons. The molecular formula is C21H29NO2. The summed E-state index contributed by atoms with van der Waals surface area (Å²) in [7, 11) is 0. The second kappa shape index (κ2) is 8.72. The maximum absolute atomic E-state index is 11.6. The average Bonchev–Trinajstić information content (AvgIpc) is 2.55. The smallest absolute Gasteiger partial charge is 0.182 e. The SMILES string of the molecule is CCCCC(CC)COc1ccc(-n2c(C)cc(=O)cc2C)cc1. The van der Waals surface area contributed by atoms with Crippen LogP contribution in [0, 0.1) is 19.8 Å². The van der Waals surface area contributed by atoms with E-state index in [2.05, 4.69) is 18.4 Å². The number of hydrogen-bond acceptors (Lipinski definition) is 2. The van der Waals surface area contributed by atoms with Crippen molar-refractivity contribution in [3.8, 4) is 11.4 Å².